The van der Waals surface area contributed by atoms with Crippen LogP contribution in [0.1, 0.15) is 51.3 Å². The third kappa shape index (κ3) is 7.62. The summed E-state index contributed by atoms with van der Waals surface area (Å²) in [6.45, 7) is 5.32. The van der Waals surface area contributed by atoms with Crippen molar-refractivity contribution in [2.24, 2.45) is 5.92 Å². The van der Waals surface area contributed by atoms with Crippen molar-refractivity contribution >= 4 is 36.1 Å². The molecule has 224 valence electrons. The number of hydrogen-bond donors (Lipinski definition) is 4. The lowest BCUT2D eigenvalue weighted by atomic mass is 9.95. The lowest BCUT2D eigenvalue weighted by molar-refractivity contribution is -0.125. The summed E-state index contributed by atoms with van der Waals surface area (Å²) in [7, 11) is 0. The molecule has 1 unspecified atom stereocenters. The highest BCUT2D eigenvalue weighted by atomic mass is 32.1. The van der Waals surface area contributed by atoms with Gasteiger partial charge in [-0.2, -0.15) is 0 Å². The van der Waals surface area contributed by atoms with Crippen molar-refractivity contribution in [2.75, 3.05) is 31.2 Å². The fourth-order valence-corrected chi connectivity index (χ4v) is 4.99. The molecule has 2 aromatic carbocycles. The van der Waals surface area contributed by atoms with Crippen molar-refractivity contribution in [3.05, 3.63) is 54.1 Å². The lowest BCUT2D eigenvalue weighted by Crippen LogP contribution is -2.34. The highest BCUT2D eigenvalue weighted by molar-refractivity contribution is 7.78. The van der Waals surface area contributed by atoms with E-state index in [-0.39, 0.29) is 49.4 Å². The van der Waals surface area contributed by atoms with E-state index in [0.717, 1.165) is 11.1 Å². The number of ether oxygens (including phenoxy) is 1. The number of carbonyl (C=O) groups excluding carboxylic acids is 3. The van der Waals surface area contributed by atoms with E-state index in [9.17, 15) is 19.5 Å². The number of aliphatic hydroxyl groups excluding tert-OH is 1. The van der Waals surface area contributed by atoms with E-state index in [1.807, 2.05) is 62.4 Å². The number of ketones is 1. The Hall–Kier alpha value is -3.58. The first-order valence-corrected chi connectivity index (χ1v) is 14.6. The van der Waals surface area contributed by atoms with Gasteiger partial charge in [-0.25, -0.2) is 4.68 Å². The van der Waals surface area contributed by atoms with Gasteiger partial charge in [-0.15, -0.1) is 5.10 Å². The lowest BCUT2D eigenvalue weighted by Gasteiger charge is -2.29. The molecule has 1 aromatic heterocycles. The predicted molar refractivity (Wildman–Crippen MR) is 162 cm³/mol. The Bertz CT molecular complexity index is 1390. The number of hydrogen-bond acceptors (Lipinski definition) is 9. The first-order chi connectivity index (χ1) is 20.3. The zero-order valence-corrected chi connectivity index (χ0v) is 24.8. The van der Waals surface area contributed by atoms with Gasteiger partial charge in [0.1, 0.15) is 17.2 Å². The molecule has 12 heteroatoms. The Morgan fingerprint density at radius 2 is 1.76 bits per heavy atom. The fourth-order valence-electron chi connectivity index (χ4n) is 4.82. The van der Waals surface area contributed by atoms with Crippen LogP contribution >= 0.6 is 12.8 Å². The van der Waals surface area contributed by atoms with E-state index in [2.05, 4.69) is 33.2 Å². The third-order valence-corrected chi connectivity index (χ3v) is 7.28. The van der Waals surface area contributed by atoms with Gasteiger partial charge in [-0.1, -0.05) is 74.3 Å². The number of Topliss-reactive ketones (excluding diaryl/α,β-unsaturated/α-hetero) is 1. The molecule has 0 spiro atoms. The van der Waals surface area contributed by atoms with E-state index in [4.69, 9.17) is 4.74 Å². The minimum atomic E-state index is -1.01. The number of amides is 2. The van der Waals surface area contributed by atoms with Crippen LogP contribution in [-0.4, -0.2) is 64.0 Å². The van der Waals surface area contributed by atoms with Crippen molar-refractivity contribution < 1.29 is 24.2 Å². The Kier molecular flexibility index (Phi) is 11.2. The van der Waals surface area contributed by atoms with Crippen LogP contribution in [0.4, 0.5) is 5.69 Å². The average Bonchev–Trinajstić information content (AvgIpc) is 3.42. The summed E-state index contributed by atoms with van der Waals surface area (Å²) in [6, 6.07) is 15.1. The van der Waals surface area contributed by atoms with Gasteiger partial charge in [0.15, 0.2) is 6.23 Å². The average molecular weight is 595 g/mol. The summed E-state index contributed by atoms with van der Waals surface area (Å²) < 4.78 is 9.64. The topological polar surface area (TPSA) is 139 Å². The highest BCUT2D eigenvalue weighted by Gasteiger charge is 2.30. The van der Waals surface area contributed by atoms with Crippen LogP contribution in [0.3, 0.4) is 0 Å². The largest absolute Gasteiger partial charge is 0.380 e. The van der Waals surface area contributed by atoms with Crippen LogP contribution in [0.5, 0.6) is 0 Å². The zero-order valence-electron chi connectivity index (χ0n) is 24.0. The number of para-hydroxylation sites is 1. The molecule has 1 atom stereocenters. The van der Waals surface area contributed by atoms with Crippen molar-refractivity contribution in [3.63, 3.8) is 0 Å². The smallest absolute Gasteiger partial charge is 0.227 e. The quantitative estimate of drug-likeness (QED) is 0.165. The second-order valence-electron chi connectivity index (χ2n) is 10.4. The van der Waals surface area contributed by atoms with Gasteiger partial charge in [-0.05, 0) is 18.1 Å². The highest BCUT2D eigenvalue weighted by Crippen LogP contribution is 2.41. The molecule has 2 amide bonds. The number of carbonyl (C=O) groups is 3. The standard InChI is InChI=1S/C30H38N6O5S/c1-20(2)25(37)12-7-16-41-17-15-31-26(38)13-14-27(39)35-19-21-8-3-4-9-22(21)30-29(23-10-5-6-11-24(23)35)33-34-36(30)28(40)18-32-42/h3-6,8-11,20,28,32,40,42H,7,12-19H2,1-2H3,(H,31,38). The van der Waals surface area contributed by atoms with Crippen molar-refractivity contribution in [2.45, 2.75) is 52.3 Å². The molecule has 0 fully saturated rings. The molecule has 2 heterocycles. The van der Waals surface area contributed by atoms with Gasteiger partial charge in [0, 0.05) is 49.5 Å². The van der Waals surface area contributed by atoms with Gasteiger partial charge in [0.05, 0.1) is 25.4 Å². The molecule has 0 saturated carbocycles. The molecule has 42 heavy (non-hydrogen) atoms. The second-order valence-corrected chi connectivity index (χ2v) is 10.7. The van der Waals surface area contributed by atoms with E-state index in [1.54, 1.807) is 4.90 Å². The summed E-state index contributed by atoms with van der Waals surface area (Å²) in [5.41, 5.74) is 4.19. The molecular formula is C30H38N6O5S. The van der Waals surface area contributed by atoms with Gasteiger partial charge in [0.2, 0.25) is 11.8 Å². The van der Waals surface area contributed by atoms with E-state index in [1.165, 1.54) is 4.68 Å². The monoisotopic (exact) mass is 594 g/mol. The molecule has 0 bridgehead atoms. The molecular weight excluding hydrogens is 556 g/mol. The summed E-state index contributed by atoms with van der Waals surface area (Å²) in [4.78, 5) is 39.4. The van der Waals surface area contributed by atoms with E-state index in [0.29, 0.717) is 55.2 Å². The predicted octanol–water partition coefficient (Wildman–Crippen LogP) is 3.30. The molecule has 0 radical (unpaired) electrons. The zero-order chi connectivity index (χ0) is 30.1. The maximum absolute atomic E-state index is 13.6. The van der Waals surface area contributed by atoms with Crippen molar-refractivity contribution in [1.82, 2.24) is 25.0 Å². The Labute approximate surface area is 251 Å². The molecule has 1 aliphatic rings. The number of rotatable bonds is 14. The van der Waals surface area contributed by atoms with Crippen LogP contribution < -0.4 is 14.9 Å². The molecule has 0 saturated heterocycles. The van der Waals surface area contributed by atoms with Gasteiger partial charge >= 0.3 is 0 Å². The number of aromatic nitrogens is 3. The van der Waals surface area contributed by atoms with Crippen LogP contribution in [0.15, 0.2) is 48.5 Å². The maximum atomic E-state index is 13.6. The fraction of sp³-hybridized carbons (Fsp3) is 0.433. The third-order valence-electron chi connectivity index (χ3n) is 7.09. The molecule has 3 aromatic rings. The summed E-state index contributed by atoms with van der Waals surface area (Å²) in [5, 5.41) is 22.2. The number of anilines is 1. The van der Waals surface area contributed by atoms with Crippen LogP contribution in [0.2, 0.25) is 0 Å². The first kappa shape index (κ1) is 31.4. The summed E-state index contributed by atoms with van der Waals surface area (Å²) >= 11 is 4.01. The van der Waals surface area contributed by atoms with Crippen LogP contribution in [0, 0.1) is 5.92 Å². The minimum absolute atomic E-state index is 0.0202. The number of benzene rings is 2. The first-order valence-electron chi connectivity index (χ1n) is 14.2. The van der Waals surface area contributed by atoms with Crippen molar-refractivity contribution in [3.8, 4) is 22.5 Å². The Morgan fingerprint density at radius 3 is 2.52 bits per heavy atom. The molecule has 1 aliphatic heterocycles. The maximum Gasteiger partial charge on any atom is 0.227 e. The van der Waals surface area contributed by atoms with Gasteiger partial charge < -0.3 is 20.1 Å². The number of thiol groups is 1. The molecule has 3 N–H and O–H groups in total. The van der Waals surface area contributed by atoms with Crippen LogP contribution in [0.25, 0.3) is 22.5 Å². The second kappa shape index (κ2) is 15.1. The summed E-state index contributed by atoms with van der Waals surface area (Å²) in [5.74, 6) is -0.189. The number of nitrogens with one attached hydrogen (secondary N) is 2. The van der Waals surface area contributed by atoms with Gasteiger partial charge in [0.25, 0.3) is 0 Å². The molecule has 11 nitrogen and oxygen atoms in total. The Balaban J connectivity index is 1.43. The van der Waals surface area contributed by atoms with Crippen molar-refractivity contribution in [1.29, 1.82) is 0 Å². The van der Waals surface area contributed by atoms with E-state index < -0.39 is 6.23 Å². The number of fused-ring (bicyclic) bond motifs is 5. The van der Waals surface area contributed by atoms with Crippen LogP contribution in [-0.2, 0) is 25.7 Å². The van der Waals surface area contributed by atoms with E-state index >= 15 is 0 Å². The number of nitrogens with zero attached hydrogens (tertiary/aromatic N) is 4. The van der Waals surface area contributed by atoms with Gasteiger partial charge in [-0.3, -0.25) is 19.1 Å². The number of aliphatic hydroxyl groups is 1. The SMILES string of the molecule is CC(C)C(=O)CCCOCCNC(=O)CCC(=O)N1Cc2ccccc2-c2c(nnn2C(O)CNS)-c2ccccc21. The molecule has 0 aliphatic carbocycles. The normalized spacial score (nSPS) is 13.0. The molecule has 4 rings (SSSR count). The summed E-state index contributed by atoms with van der Waals surface area (Å²) in [6.07, 6.45) is 0.198. The minimum Gasteiger partial charge on any atom is -0.380 e. The Morgan fingerprint density at radius 1 is 1.02 bits per heavy atom.